The third-order valence-electron chi connectivity index (χ3n) is 6.39. The molecule has 3 heterocycles. The number of piperidine rings is 1. The van der Waals surface area contributed by atoms with Crippen LogP contribution in [0.1, 0.15) is 28.8 Å². The largest absolute Gasteiger partial charge is 0.465 e. The molecule has 1 aliphatic heterocycles. The van der Waals surface area contributed by atoms with Gasteiger partial charge in [0, 0.05) is 18.7 Å². The SMILES string of the molecule is COC(=O)c1ccc(-c2nc3cnc(NCc4ccc(F)c(F)c4)nc3n2C[C@@H]2CCCNC2)c(Cl)c1. The van der Waals surface area contributed by atoms with Gasteiger partial charge in [0.2, 0.25) is 5.95 Å². The predicted octanol–water partition coefficient (Wildman–Crippen LogP) is 4.82. The van der Waals surface area contributed by atoms with Gasteiger partial charge in [-0.05, 0) is 67.7 Å². The lowest BCUT2D eigenvalue weighted by Gasteiger charge is -2.24. The van der Waals surface area contributed by atoms with Gasteiger partial charge in [0.15, 0.2) is 17.3 Å². The average molecular weight is 527 g/mol. The minimum absolute atomic E-state index is 0.219. The first-order valence-corrected chi connectivity index (χ1v) is 12.3. The lowest BCUT2D eigenvalue weighted by atomic mass is 9.99. The molecule has 1 fully saturated rings. The van der Waals surface area contributed by atoms with Crippen LogP contribution in [0.15, 0.2) is 42.6 Å². The van der Waals surface area contributed by atoms with Crippen LogP contribution in [0.3, 0.4) is 0 Å². The summed E-state index contributed by atoms with van der Waals surface area (Å²) in [5.41, 5.74) is 2.77. The van der Waals surface area contributed by atoms with Gasteiger partial charge in [0.25, 0.3) is 0 Å². The molecular weight excluding hydrogens is 502 g/mol. The van der Waals surface area contributed by atoms with Gasteiger partial charge in [-0.15, -0.1) is 0 Å². The lowest BCUT2D eigenvalue weighted by Crippen LogP contribution is -2.32. The Morgan fingerprint density at radius 1 is 1.22 bits per heavy atom. The molecular formula is C26H25ClF2N6O2. The highest BCUT2D eigenvalue weighted by atomic mass is 35.5. The minimum atomic E-state index is -0.908. The van der Waals surface area contributed by atoms with Gasteiger partial charge in [-0.1, -0.05) is 17.7 Å². The molecule has 5 rings (SSSR count). The Balaban J connectivity index is 1.51. The molecule has 4 aromatic rings. The Kier molecular flexibility index (Phi) is 7.29. The maximum Gasteiger partial charge on any atom is 0.337 e. The van der Waals surface area contributed by atoms with Crippen LogP contribution in [0.2, 0.25) is 5.02 Å². The van der Waals surface area contributed by atoms with Crippen molar-refractivity contribution in [3.05, 3.63) is 70.4 Å². The summed E-state index contributed by atoms with van der Waals surface area (Å²) in [7, 11) is 1.32. The molecule has 192 valence electrons. The highest BCUT2D eigenvalue weighted by Crippen LogP contribution is 2.32. The van der Waals surface area contributed by atoms with Crippen molar-refractivity contribution >= 4 is 34.7 Å². The van der Waals surface area contributed by atoms with E-state index < -0.39 is 17.6 Å². The van der Waals surface area contributed by atoms with Crippen LogP contribution in [0.4, 0.5) is 14.7 Å². The molecule has 2 aromatic heterocycles. The fraction of sp³-hybridized carbons (Fsp3) is 0.308. The first-order valence-electron chi connectivity index (χ1n) is 11.9. The molecule has 37 heavy (non-hydrogen) atoms. The van der Waals surface area contributed by atoms with Crippen molar-refractivity contribution in [3.8, 4) is 11.4 Å². The quantitative estimate of drug-likeness (QED) is 0.333. The molecule has 0 aliphatic carbocycles. The summed E-state index contributed by atoms with van der Waals surface area (Å²) in [6, 6.07) is 8.70. The van der Waals surface area contributed by atoms with E-state index in [4.69, 9.17) is 26.3 Å². The zero-order valence-electron chi connectivity index (χ0n) is 20.1. The molecule has 1 saturated heterocycles. The van der Waals surface area contributed by atoms with E-state index in [-0.39, 0.29) is 6.54 Å². The number of anilines is 1. The number of rotatable bonds is 7. The Morgan fingerprint density at radius 2 is 2.08 bits per heavy atom. The van der Waals surface area contributed by atoms with Gasteiger partial charge in [0.05, 0.1) is 23.9 Å². The lowest BCUT2D eigenvalue weighted by molar-refractivity contribution is 0.0600. The number of nitrogens with one attached hydrogen (secondary N) is 2. The van der Waals surface area contributed by atoms with Gasteiger partial charge < -0.3 is 19.9 Å². The van der Waals surface area contributed by atoms with Crippen molar-refractivity contribution in [1.29, 1.82) is 0 Å². The van der Waals surface area contributed by atoms with E-state index in [1.807, 2.05) is 4.57 Å². The third-order valence-corrected chi connectivity index (χ3v) is 6.71. The minimum Gasteiger partial charge on any atom is -0.465 e. The Morgan fingerprint density at radius 3 is 2.81 bits per heavy atom. The van der Waals surface area contributed by atoms with E-state index in [2.05, 4.69) is 15.6 Å². The summed E-state index contributed by atoms with van der Waals surface area (Å²) in [5, 5.41) is 6.88. The fourth-order valence-electron chi connectivity index (χ4n) is 4.49. The van der Waals surface area contributed by atoms with Gasteiger partial charge in [0.1, 0.15) is 11.3 Å². The van der Waals surface area contributed by atoms with Crippen LogP contribution >= 0.6 is 11.6 Å². The number of ether oxygens (including phenoxy) is 1. The monoisotopic (exact) mass is 526 g/mol. The first-order chi connectivity index (χ1) is 17.9. The molecule has 0 saturated carbocycles. The summed E-state index contributed by atoms with van der Waals surface area (Å²) in [6.45, 7) is 2.75. The summed E-state index contributed by atoms with van der Waals surface area (Å²) in [5.74, 6) is -0.958. The number of aromatic nitrogens is 4. The topological polar surface area (TPSA) is 94.0 Å². The van der Waals surface area contributed by atoms with Crippen molar-refractivity contribution in [1.82, 2.24) is 24.8 Å². The highest BCUT2D eigenvalue weighted by molar-refractivity contribution is 6.33. The average Bonchev–Trinajstić information content (AvgIpc) is 3.26. The van der Waals surface area contributed by atoms with Gasteiger partial charge >= 0.3 is 5.97 Å². The van der Waals surface area contributed by atoms with Crippen molar-refractivity contribution in [2.75, 3.05) is 25.5 Å². The second kappa shape index (κ2) is 10.8. The number of hydrogen-bond donors (Lipinski definition) is 2. The second-order valence-corrected chi connectivity index (χ2v) is 9.36. The van der Waals surface area contributed by atoms with Gasteiger partial charge in [-0.3, -0.25) is 0 Å². The normalized spacial score (nSPS) is 15.6. The summed E-state index contributed by atoms with van der Waals surface area (Å²) in [4.78, 5) is 25.8. The maximum absolute atomic E-state index is 13.6. The van der Waals surface area contributed by atoms with Gasteiger partial charge in [-0.25, -0.2) is 23.5 Å². The Bertz CT molecular complexity index is 1450. The highest BCUT2D eigenvalue weighted by Gasteiger charge is 2.22. The second-order valence-electron chi connectivity index (χ2n) is 8.95. The van der Waals surface area contributed by atoms with E-state index in [1.165, 1.54) is 13.2 Å². The van der Waals surface area contributed by atoms with Crippen LogP contribution in [0.5, 0.6) is 0 Å². The van der Waals surface area contributed by atoms with E-state index in [9.17, 15) is 13.6 Å². The van der Waals surface area contributed by atoms with Gasteiger partial charge in [-0.2, -0.15) is 4.98 Å². The van der Waals surface area contributed by atoms with Crippen molar-refractivity contribution < 1.29 is 18.3 Å². The molecule has 0 spiro atoms. The molecule has 0 bridgehead atoms. The summed E-state index contributed by atoms with van der Waals surface area (Å²) >= 11 is 6.60. The molecule has 11 heteroatoms. The van der Waals surface area contributed by atoms with E-state index in [0.29, 0.717) is 57.1 Å². The first kappa shape index (κ1) is 25.0. The molecule has 0 radical (unpaired) electrons. The van der Waals surface area contributed by atoms with Crippen LogP contribution in [0.25, 0.3) is 22.6 Å². The number of methoxy groups -OCH3 is 1. The number of benzene rings is 2. The molecule has 2 N–H and O–H groups in total. The van der Waals surface area contributed by atoms with Crippen molar-refractivity contribution in [2.24, 2.45) is 5.92 Å². The van der Waals surface area contributed by atoms with Crippen LogP contribution in [-0.4, -0.2) is 45.7 Å². The number of nitrogens with zero attached hydrogens (tertiary/aromatic N) is 4. The van der Waals surface area contributed by atoms with E-state index in [1.54, 1.807) is 24.4 Å². The van der Waals surface area contributed by atoms with Crippen molar-refractivity contribution in [2.45, 2.75) is 25.9 Å². The number of imidazole rings is 1. The maximum atomic E-state index is 13.6. The van der Waals surface area contributed by atoms with E-state index in [0.717, 1.165) is 38.1 Å². The molecule has 0 amide bonds. The number of carbonyl (C=O) groups is 1. The Labute approximate surface area is 217 Å². The van der Waals surface area contributed by atoms with Crippen LogP contribution in [-0.2, 0) is 17.8 Å². The zero-order chi connectivity index (χ0) is 25.9. The Hall–Kier alpha value is -3.63. The summed E-state index contributed by atoms with van der Waals surface area (Å²) < 4.78 is 33.7. The van der Waals surface area contributed by atoms with Crippen molar-refractivity contribution in [3.63, 3.8) is 0 Å². The molecule has 2 aromatic carbocycles. The molecule has 8 nitrogen and oxygen atoms in total. The zero-order valence-corrected chi connectivity index (χ0v) is 20.9. The number of esters is 1. The predicted molar refractivity (Wildman–Crippen MR) is 136 cm³/mol. The number of carbonyl (C=O) groups excluding carboxylic acids is 1. The smallest absolute Gasteiger partial charge is 0.337 e. The van der Waals surface area contributed by atoms with Crippen LogP contribution in [0, 0.1) is 17.6 Å². The fourth-order valence-corrected chi connectivity index (χ4v) is 4.76. The number of fused-ring (bicyclic) bond motifs is 1. The standard InChI is InChI=1S/C26H25ClF2N6O2/c1-37-25(36)17-5-6-18(19(27)10-17)23-33-22-13-32-26(31-12-15-4-7-20(28)21(29)9-15)34-24(22)35(23)14-16-3-2-8-30-11-16/h4-7,9-10,13,16,30H,2-3,8,11-12,14H2,1H3,(H,31,32,34)/t16-/m1/s1. The molecule has 0 unspecified atom stereocenters. The summed E-state index contributed by atoms with van der Waals surface area (Å²) in [6.07, 6.45) is 3.76. The van der Waals surface area contributed by atoms with E-state index >= 15 is 0 Å². The number of halogens is 3. The number of hydrogen-bond acceptors (Lipinski definition) is 7. The molecule has 1 atom stereocenters. The molecule has 1 aliphatic rings. The third kappa shape index (κ3) is 5.40. The van der Waals surface area contributed by atoms with Crippen LogP contribution < -0.4 is 10.6 Å².